The van der Waals surface area contributed by atoms with Crippen LogP contribution in [0.15, 0.2) is 24.5 Å². The van der Waals surface area contributed by atoms with Crippen LogP contribution in [0.3, 0.4) is 0 Å². The Balaban J connectivity index is 2.15. The van der Waals surface area contributed by atoms with E-state index in [1.165, 1.54) is 0 Å². The molecule has 0 saturated carbocycles. The number of hydrogen-bond acceptors (Lipinski definition) is 5. The third-order valence-electron chi connectivity index (χ3n) is 3.14. The van der Waals surface area contributed by atoms with Gasteiger partial charge in [0, 0.05) is 24.6 Å². The first-order valence-electron chi connectivity index (χ1n) is 6.00. The second-order valence-electron chi connectivity index (χ2n) is 4.15. The minimum absolute atomic E-state index is 0.848. The quantitative estimate of drug-likeness (QED) is 0.828. The lowest BCUT2D eigenvalue weighted by atomic mass is 10.2. The molecule has 1 saturated heterocycles. The molecule has 0 radical (unpaired) electrons. The molecule has 1 aromatic carbocycles. The molecule has 18 heavy (non-hydrogen) atoms. The first-order valence-corrected chi connectivity index (χ1v) is 7.16. The van der Waals surface area contributed by atoms with E-state index in [-0.39, 0.29) is 0 Å². The number of anilines is 1. The summed E-state index contributed by atoms with van der Waals surface area (Å²) in [5.74, 6) is 4.15. The number of fused-ring (bicyclic) bond motifs is 1. The molecular weight excluding hydrogens is 246 g/mol. The van der Waals surface area contributed by atoms with Crippen LogP contribution in [-0.2, 0) is 0 Å². The molecule has 1 aliphatic heterocycles. The highest BCUT2D eigenvalue weighted by Gasteiger charge is 2.17. The van der Waals surface area contributed by atoms with E-state index in [0.717, 1.165) is 47.1 Å². The van der Waals surface area contributed by atoms with Crippen molar-refractivity contribution in [3.05, 3.63) is 24.5 Å². The fraction of sp³-hybridized carbons (Fsp3) is 0.385. The van der Waals surface area contributed by atoms with Gasteiger partial charge in [0.1, 0.15) is 17.9 Å². The van der Waals surface area contributed by atoms with Gasteiger partial charge < -0.3 is 9.64 Å². The Morgan fingerprint density at radius 3 is 2.83 bits per heavy atom. The Labute approximate surface area is 110 Å². The van der Waals surface area contributed by atoms with Crippen molar-refractivity contribution in [1.29, 1.82) is 0 Å². The maximum absolute atomic E-state index is 5.45. The standard InChI is InChI=1S/C13H15N3OS/c1-17-11-4-2-3-10-12(11)13(15-9-14-10)16-5-7-18-8-6-16/h2-4,9H,5-8H2,1H3. The van der Waals surface area contributed by atoms with Crippen LogP contribution in [0.1, 0.15) is 0 Å². The Hall–Kier alpha value is -1.49. The van der Waals surface area contributed by atoms with Gasteiger partial charge >= 0.3 is 0 Å². The highest BCUT2D eigenvalue weighted by atomic mass is 32.2. The predicted octanol–water partition coefficient (Wildman–Crippen LogP) is 2.19. The maximum Gasteiger partial charge on any atom is 0.143 e. The second-order valence-corrected chi connectivity index (χ2v) is 5.38. The highest BCUT2D eigenvalue weighted by molar-refractivity contribution is 7.99. The Morgan fingerprint density at radius 1 is 1.22 bits per heavy atom. The Bertz CT molecular complexity index is 550. The molecule has 2 heterocycles. The smallest absolute Gasteiger partial charge is 0.143 e. The number of hydrogen-bond donors (Lipinski definition) is 0. The lowest BCUT2D eigenvalue weighted by molar-refractivity contribution is 0.419. The van der Waals surface area contributed by atoms with E-state index in [0.29, 0.717) is 0 Å². The third-order valence-corrected chi connectivity index (χ3v) is 4.08. The minimum Gasteiger partial charge on any atom is -0.496 e. The third kappa shape index (κ3) is 1.99. The van der Waals surface area contributed by atoms with Gasteiger partial charge in [-0.25, -0.2) is 9.97 Å². The number of methoxy groups -OCH3 is 1. The van der Waals surface area contributed by atoms with E-state index in [9.17, 15) is 0 Å². The van der Waals surface area contributed by atoms with Gasteiger partial charge in [0.05, 0.1) is 18.0 Å². The van der Waals surface area contributed by atoms with Crippen LogP contribution in [0, 0.1) is 0 Å². The largest absolute Gasteiger partial charge is 0.496 e. The van der Waals surface area contributed by atoms with E-state index in [1.54, 1.807) is 13.4 Å². The minimum atomic E-state index is 0.848. The summed E-state index contributed by atoms with van der Waals surface area (Å²) in [5.41, 5.74) is 0.942. The SMILES string of the molecule is COc1cccc2ncnc(N3CCSCC3)c12. The summed E-state index contributed by atoms with van der Waals surface area (Å²) in [6, 6.07) is 5.93. The number of rotatable bonds is 2. The molecule has 0 atom stereocenters. The van der Waals surface area contributed by atoms with Crippen molar-refractivity contribution >= 4 is 28.5 Å². The van der Waals surface area contributed by atoms with Gasteiger partial charge in [-0.1, -0.05) is 6.07 Å². The summed E-state index contributed by atoms with van der Waals surface area (Å²) >= 11 is 1.99. The topological polar surface area (TPSA) is 38.3 Å². The molecule has 0 unspecified atom stereocenters. The second kappa shape index (κ2) is 5.02. The normalized spacial score (nSPS) is 15.9. The number of aromatic nitrogens is 2. The summed E-state index contributed by atoms with van der Waals surface area (Å²) in [4.78, 5) is 11.1. The van der Waals surface area contributed by atoms with Crippen molar-refractivity contribution in [3.8, 4) is 5.75 Å². The molecule has 5 heteroatoms. The van der Waals surface area contributed by atoms with Crippen molar-refractivity contribution in [1.82, 2.24) is 9.97 Å². The average molecular weight is 261 g/mol. The van der Waals surface area contributed by atoms with Crippen molar-refractivity contribution in [2.75, 3.05) is 36.6 Å². The van der Waals surface area contributed by atoms with Crippen molar-refractivity contribution < 1.29 is 4.74 Å². The van der Waals surface area contributed by atoms with Crippen LogP contribution in [0.4, 0.5) is 5.82 Å². The van der Waals surface area contributed by atoms with Gasteiger partial charge in [-0.15, -0.1) is 0 Å². The van der Waals surface area contributed by atoms with Gasteiger partial charge in [-0.2, -0.15) is 11.8 Å². The number of thioether (sulfide) groups is 1. The first kappa shape index (κ1) is 11.6. The summed E-state index contributed by atoms with van der Waals surface area (Å²) in [5, 5.41) is 1.02. The Kier molecular flexibility index (Phi) is 3.23. The molecule has 3 rings (SSSR count). The average Bonchev–Trinajstić information content (AvgIpc) is 2.47. The van der Waals surface area contributed by atoms with Gasteiger partial charge in [0.2, 0.25) is 0 Å². The fourth-order valence-corrected chi connectivity index (χ4v) is 3.15. The summed E-state index contributed by atoms with van der Waals surface area (Å²) < 4.78 is 5.45. The summed E-state index contributed by atoms with van der Waals surface area (Å²) in [6.07, 6.45) is 1.64. The van der Waals surface area contributed by atoms with E-state index >= 15 is 0 Å². The lowest BCUT2D eigenvalue weighted by Crippen LogP contribution is -2.33. The van der Waals surface area contributed by atoms with Gasteiger partial charge in [0.15, 0.2) is 0 Å². The monoisotopic (exact) mass is 261 g/mol. The zero-order valence-electron chi connectivity index (χ0n) is 10.3. The molecule has 0 bridgehead atoms. The number of nitrogens with zero attached hydrogens (tertiary/aromatic N) is 3. The molecule has 0 amide bonds. The molecule has 1 aromatic heterocycles. The molecule has 4 nitrogen and oxygen atoms in total. The van der Waals surface area contributed by atoms with E-state index < -0.39 is 0 Å². The molecule has 1 aliphatic rings. The van der Waals surface area contributed by atoms with Gasteiger partial charge in [-0.05, 0) is 12.1 Å². The van der Waals surface area contributed by atoms with Crippen LogP contribution in [-0.4, -0.2) is 41.7 Å². The van der Waals surface area contributed by atoms with E-state index in [1.807, 2.05) is 30.0 Å². The van der Waals surface area contributed by atoms with Crippen LogP contribution < -0.4 is 9.64 Å². The van der Waals surface area contributed by atoms with Crippen molar-refractivity contribution in [2.45, 2.75) is 0 Å². The molecule has 0 aliphatic carbocycles. The molecule has 2 aromatic rings. The number of benzene rings is 1. The van der Waals surface area contributed by atoms with Gasteiger partial charge in [-0.3, -0.25) is 0 Å². The first-order chi connectivity index (χ1) is 8.90. The molecule has 1 fully saturated rings. The van der Waals surface area contributed by atoms with E-state index in [2.05, 4.69) is 14.9 Å². The van der Waals surface area contributed by atoms with E-state index in [4.69, 9.17) is 4.74 Å². The lowest BCUT2D eigenvalue weighted by Gasteiger charge is -2.28. The maximum atomic E-state index is 5.45. The fourth-order valence-electron chi connectivity index (χ4n) is 2.25. The molecular formula is C13H15N3OS. The Morgan fingerprint density at radius 2 is 2.06 bits per heavy atom. The molecule has 0 N–H and O–H groups in total. The number of ether oxygens (including phenoxy) is 1. The van der Waals surface area contributed by atoms with Crippen LogP contribution in [0.5, 0.6) is 5.75 Å². The summed E-state index contributed by atoms with van der Waals surface area (Å²) in [7, 11) is 1.69. The van der Waals surface area contributed by atoms with Gasteiger partial charge in [0.25, 0.3) is 0 Å². The van der Waals surface area contributed by atoms with Crippen molar-refractivity contribution in [3.63, 3.8) is 0 Å². The zero-order chi connectivity index (χ0) is 12.4. The van der Waals surface area contributed by atoms with Crippen molar-refractivity contribution in [2.24, 2.45) is 0 Å². The highest BCUT2D eigenvalue weighted by Crippen LogP contribution is 2.32. The van der Waals surface area contributed by atoms with Crippen LogP contribution >= 0.6 is 11.8 Å². The predicted molar refractivity (Wildman–Crippen MR) is 75.6 cm³/mol. The van der Waals surface area contributed by atoms with Crippen LogP contribution in [0.2, 0.25) is 0 Å². The summed E-state index contributed by atoms with van der Waals surface area (Å²) in [6.45, 7) is 2.07. The molecule has 0 spiro atoms. The van der Waals surface area contributed by atoms with Crippen LogP contribution in [0.25, 0.3) is 10.9 Å². The molecule has 94 valence electrons. The zero-order valence-corrected chi connectivity index (χ0v) is 11.1.